The van der Waals surface area contributed by atoms with Crippen LogP contribution in [-0.2, 0) is 35.1 Å². The van der Waals surface area contributed by atoms with E-state index in [-0.39, 0.29) is 12.8 Å². The summed E-state index contributed by atoms with van der Waals surface area (Å²) >= 11 is 0. The first kappa shape index (κ1) is 23.1. The van der Waals surface area contributed by atoms with Crippen LogP contribution in [0.25, 0.3) is 0 Å². The molecule has 0 aliphatic heterocycles. The van der Waals surface area contributed by atoms with Gasteiger partial charge in [0.15, 0.2) is 0 Å². The molecule has 0 radical (unpaired) electrons. The normalized spacial score (nSPS) is 13.6. The molecular formula is C19H25FN2O6. The van der Waals surface area contributed by atoms with Crippen LogP contribution < -0.4 is 10.6 Å². The summed E-state index contributed by atoms with van der Waals surface area (Å²) in [6.07, 6.45) is 0.0561. The van der Waals surface area contributed by atoms with Crippen molar-refractivity contribution in [3.63, 3.8) is 0 Å². The molecule has 0 aliphatic carbocycles. The number of hydrogen-bond acceptors (Lipinski definition) is 6. The minimum Gasteiger partial charge on any atom is -0.469 e. The summed E-state index contributed by atoms with van der Waals surface area (Å²) in [6, 6.07) is 3.38. The Morgan fingerprint density at radius 1 is 0.964 bits per heavy atom. The fraction of sp³-hybridized carbons (Fsp3) is 0.474. The smallest absolute Gasteiger partial charge is 0.328 e. The molecule has 0 heterocycles. The summed E-state index contributed by atoms with van der Waals surface area (Å²) in [6.45, 7) is 2.81. The minimum atomic E-state index is -1.10. The Kier molecular flexibility index (Phi) is 9.07. The van der Waals surface area contributed by atoms with Crippen LogP contribution in [-0.4, -0.2) is 50.1 Å². The van der Waals surface area contributed by atoms with Crippen LogP contribution in [0.4, 0.5) is 4.39 Å². The van der Waals surface area contributed by atoms with Gasteiger partial charge in [-0.05, 0) is 24.1 Å². The van der Waals surface area contributed by atoms with Crippen molar-refractivity contribution in [2.45, 2.75) is 38.8 Å². The van der Waals surface area contributed by atoms with Crippen molar-refractivity contribution in [1.82, 2.24) is 10.6 Å². The van der Waals surface area contributed by atoms with Crippen LogP contribution in [0.15, 0.2) is 24.3 Å². The zero-order valence-electron chi connectivity index (χ0n) is 16.3. The Balaban J connectivity index is 2.93. The molecule has 1 aromatic carbocycles. The Hall–Kier alpha value is -2.97. The van der Waals surface area contributed by atoms with Gasteiger partial charge in [0.25, 0.3) is 0 Å². The number of ether oxygens (including phenoxy) is 2. The fourth-order valence-electron chi connectivity index (χ4n) is 2.59. The summed E-state index contributed by atoms with van der Waals surface area (Å²) in [7, 11) is 2.38. The number of amides is 2. The van der Waals surface area contributed by atoms with Gasteiger partial charge in [0.2, 0.25) is 11.8 Å². The van der Waals surface area contributed by atoms with E-state index in [0.717, 1.165) is 7.11 Å². The van der Waals surface area contributed by atoms with E-state index in [4.69, 9.17) is 0 Å². The number of benzene rings is 1. The average molecular weight is 396 g/mol. The number of nitrogens with one attached hydrogen (secondary N) is 2. The Labute approximate surface area is 162 Å². The topological polar surface area (TPSA) is 111 Å². The van der Waals surface area contributed by atoms with Crippen molar-refractivity contribution >= 4 is 23.8 Å². The van der Waals surface area contributed by atoms with Crippen LogP contribution in [0.1, 0.15) is 25.8 Å². The second-order valence-electron chi connectivity index (χ2n) is 6.33. The van der Waals surface area contributed by atoms with Gasteiger partial charge in [-0.3, -0.25) is 14.4 Å². The molecule has 1 aromatic rings. The maximum Gasteiger partial charge on any atom is 0.328 e. The van der Waals surface area contributed by atoms with Crippen molar-refractivity contribution in [2.24, 2.45) is 5.92 Å². The van der Waals surface area contributed by atoms with E-state index in [0.29, 0.717) is 5.56 Å². The molecule has 8 nitrogen and oxygen atoms in total. The molecule has 2 amide bonds. The molecule has 0 aromatic heterocycles. The van der Waals surface area contributed by atoms with Crippen molar-refractivity contribution in [1.29, 1.82) is 0 Å². The summed E-state index contributed by atoms with van der Waals surface area (Å²) in [4.78, 5) is 47.8. The number of hydrogen-bond donors (Lipinski definition) is 2. The van der Waals surface area contributed by atoms with E-state index >= 15 is 0 Å². The standard InChI is InChI=1S/C19H25FN2O6/c1-11(18(25)27-3)9-16(19(26)28-4)22-17(24)15(21-12(2)23)10-13-5-7-14(20)8-6-13/h5-8,11,15-16H,9-10H2,1-4H3,(H,21,23)(H,22,24)/t11-,15-,16-/m0/s1. The summed E-state index contributed by atoms with van der Waals surface area (Å²) in [5.74, 6) is -3.43. The lowest BCUT2D eigenvalue weighted by Crippen LogP contribution is -2.53. The molecule has 9 heteroatoms. The number of esters is 2. The lowest BCUT2D eigenvalue weighted by molar-refractivity contribution is -0.149. The summed E-state index contributed by atoms with van der Waals surface area (Å²) < 4.78 is 22.4. The predicted molar refractivity (Wildman–Crippen MR) is 97.5 cm³/mol. The van der Waals surface area contributed by atoms with Gasteiger partial charge < -0.3 is 20.1 Å². The molecule has 0 aliphatic rings. The highest BCUT2D eigenvalue weighted by molar-refractivity contribution is 5.90. The highest BCUT2D eigenvalue weighted by atomic mass is 19.1. The van der Waals surface area contributed by atoms with Crippen LogP contribution in [0.2, 0.25) is 0 Å². The highest BCUT2D eigenvalue weighted by Gasteiger charge is 2.30. The van der Waals surface area contributed by atoms with E-state index in [1.165, 1.54) is 38.3 Å². The quantitative estimate of drug-likeness (QED) is 0.596. The lowest BCUT2D eigenvalue weighted by atomic mass is 10.0. The van der Waals surface area contributed by atoms with E-state index in [9.17, 15) is 23.6 Å². The Bertz CT molecular complexity index is 707. The molecule has 0 fully saturated rings. The van der Waals surface area contributed by atoms with Crippen LogP contribution >= 0.6 is 0 Å². The molecule has 28 heavy (non-hydrogen) atoms. The van der Waals surface area contributed by atoms with Gasteiger partial charge in [-0.15, -0.1) is 0 Å². The zero-order valence-corrected chi connectivity index (χ0v) is 16.3. The van der Waals surface area contributed by atoms with Gasteiger partial charge in [-0.1, -0.05) is 19.1 Å². The monoisotopic (exact) mass is 396 g/mol. The minimum absolute atomic E-state index is 0.0333. The molecule has 0 saturated carbocycles. The predicted octanol–water partition coefficient (Wildman–Crippen LogP) is 0.730. The Morgan fingerprint density at radius 3 is 2.04 bits per heavy atom. The molecule has 1 rings (SSSR count). The van der Waals surface area contributed by atoms with E-state index in [2.05, 4.69) is 20.1 Å². The summed E-state index contributed by atoms with van der Waals surface area (Å²) in [5, 5.41) is 5.01. The zero-order chi connectivity index (χ0) is 21.3. The SMILES string of the molecule is COC(=O)[C@H](C[C@H](C)C(=O)OC)NC(=O)[C@H](Cc1ccc(F)cc1)NC(C)=O. The highest BCUT2D eigenvalue weighted by Crippen LogP contribution is 2.11. The first-order chi connectivity index (χ1) is 13.2. The molecule has 0 bridgehead atoms. The molecular weight excluding hydrogens is 371 g/mol. The number of methoxy groups -OCH3 is 2. The first-order valence-corrected chi connectivity index (χ1v) is 8.65. The van der Waals surface area contributed by atoms with Crippen molar-refractivity contribution < 1.29 is 33.0 Å². The van der Waals surface area contributed by atoms with Crippen LogP contribution in [0.3, 0.4) is 0 Å². The van der Waals surface area contributed by atoms with Gasteiger partial charge in [-0.2, -0.15) is 0 Å². The fourth-order valence-corrected chi connectivity index (χ4v) is 2.59. The number of rotatable bonds is 9. The second-order valence-corrected chi connectivity index (χ2v) is 6.33. The Morgan fingerprint density at radius 2 is 1.54 bits per heavy atom. The second kappa shape index (κ2) is 11.0. The van der Waals surface area contributed by atoms with E-state index in [1.807, 2.05) is 0 Å². The molecule has 2 N–H and O–H groups in total. The lowest BCUT2D eigenvalue weighted by Gasteiger charge is -2.23. The molecule has 154 valence electrons. The van der Waals surface area contributed by atoms with Gasteiger partial charge in [0, 0.05) is 13.3 Å². The molecule has 0 saturated heterocycles. The third kappa shape index (κ3) is 7.34. The van der Waals surface area contributed by atoms with E-state index < -0.39 is 47.6 Å². The molecule has 3 atom stereocenters. The van der Waals surface area contributed by atoms with Gasteiger partial charge in [0.1, 0.15) is 17.9 Å². The maximum atomic E-state index is 13.1. The number of carbonyl (C=O) groups excluding carboxylic acids is 4. The maximum absolute atomic E-state index is 13.1. The van der Waals surface area contributed by atoms with Gasteiger partial charge >= 0.3 is 11.9 Å². The number of halogens is 1. The molecule has 0 unspecified atom stereocenters. The van der Waals surface area contributed by atoms with Gasteiger partial charge in [-0.25, -0.2) is 9.18 Å². The van der Waals surface area contributed by atoms with E-state index in [1.54, 1.807) is 6.92 Å². The van der Waals surface area contributed by atoms with Crippen molar-refractivity contribution in [2.75, 3.05) is 14.2 Å². The first-order valence-electron chi connectivity index (χ1n) is 8.65. The van der Waals surface area contributed by atoms with Gasteiger partial charge in [0.05, 0.1) is 20.1 Å². The third-order valence-electron chi connectivity index (χ3n) is 4.04. The van der Waals surface area contributed by atoms with Crippen molar-refractivity contribution in [3.05, 3.63) is 35.6 Å². The summed E-state index contributed by atoms with van der Waals surface area (Å²) in [5.41, 5.74) is 0.618. The number of carbonyl (C=O) groups is 4. The average Bonchev–Trinajstić information content (AvgIpc) is 2.66. The third-order valence-corrected chi connectivity index (χ3v) is 4.04. The van der Waals surface area contributed by atoms with Crippen molar-refractivity contribution in [3.8, 4) is 0 Å². The molecule has 0 spiro atoms. The van der Waals surface area contributed by atoms with Crippen LogP contribution in [0, 0.1) is 11.7 Å². The largest absolute Gasteiger partial charge is 0.469 e. The van der Waals surface area contributed by atoms with Crippen LogP contribution in [0.5, 0.6) is 0 Å².